The zero-order valence-corrected chi connectivity index (χ0v) is 16.7. The molecule has 0 aliphatic carbocycles. The highest BCUT2D eigenvalue weighted by Crippen LogP contribution is 2.30. The molecule has 1 aliphatic rings. The first-order chi connectivity index (χ1) is 14.9. The van der Waals surface area contributed by atoms with Crippen molar-refractivity contribution in [2.75, 3.05) is 20.2 Å². The summed E-state index contributed by atoms with van der Waals surface area (Å²) in [5.41, 5.74) is 5.97. The number of hydrogen-bond acceptors (Lipinski definition) is 4. The van der Waals surface area contributed by atoms with Crippen LogP contribution in [0.1, 0.15) is 16.9 Å². The van der Waals surface area contributed by atoms with Crippen molar-refractivity contribution in [2.45, 2.75) is 12.5 Å². The van der Waals surface area contributed by atoms with E-state index in [9.17, 15) is 9.18 Å². The number of likely N-dealkylation sites (tertiary alicyclic amines) is 1. The lowest BCUT2D eigenvalue weighted by atomic mass is 10.2. The number of aromatic nitrogens is 2. The molecule has 158 valence electrons. The van der Waals surface area contributed by atoms with Crippen molar-refractivity contribution in [3.8, 4) is 22.8 Å². The largest absolute Gasteiger partial charge is 0.497 e. The highest BCUT2D eigenvalue weighted by Gasteiger charge is 2.31. The van der Waals surface area contributed by atoms with Gasteiger partial charge in [0.1, 0.15) is 17.4 Å². The van der Waals surface area contributed by atoms with Crippen LogP contribution in [0, 0.1) is 18.3 Å². The molecule has 0 spiro atoms. The molecule has 0 saturated carbocycles. The third kappa shape index (κ3) is 3.73. The Hall–Kier alpha value is -3.77. The maximum Gasteiger partial charge on any atom is 0.277 e. The second-order valence-corrected chi connectivity index (χ2v) is 7.19. The fourth-order valence-electron chi connectivity index (χ4n) is 3.56. The van der Waals surface area contributed by atoms with Crippen LogP contribution < -0.4 is 10.5 Å². The average Bonchev–Trinajstić information content (AvgIpc) is 3.36. The summed E-state index contributed by atoms with van der Waals surface area (Å²) in [6.45, 7) is 7.75. The first-order valence-electron chi connectivity index (χ1n) is 9.58. The van der Waals surface area contributed by atoms with Crippen LogP contribution in [0.4, 0.5) is 14.5 Å². The minimum Gasteiger partial charge on any atom is -0.497 e. The SMILES string of the molecule is [C-]#[N+]c1ccc(-c2nc(C(=O)N3CC[C@@H](N)C3)c(F)n2-c2ccc(OC)cc2)cc1F. The number of rotatable bonds is 4. The van der Waals surface area contributed by atoms with Gasteiger partial charge in [-0.1, -0.05) is 12.1 Å². The Morgan fingerprint density at radius 3 is 2.58 bits per heavy atom. The molecular weight excluding hydrogens is 404 g/mol. The van der Waals surface area contributed by atoms with E-state index in [0.717, 1.165) is 10.6 Å². The van der Waals surface area contributed by atoms with Gasteiger partial charge in [0.2, 0.25) is 11.6 Å². The Balaban J connectivity index is 1.86. The highest BCUT2D eigenvalue weighted by atomic mass is 19.1. The normalized spacial score (nSPS) is 15.7. The summed E-state index contributed by atoms with van der Waals surface area (Å²) in [6.07, 6.45) is 0.628. The van der Waals surface area contributed by atoms with E-state index in [-0.39, 0.29) is 28.8 Å². The second-order valence-electron chi connectivity index (χ2n) is 7.19. The molecule has 2 N–H and O–H groups in total. The van der Waals surface area contributed by atoms with Crippen molar-refractivity contribution in [1.82, 2.24) is 14.5 Å². The van der Waals surface area contributed by atoms with Crippen molar-refractivity contribution in [1.29, 1.82) is 0 Å². The molecule has 4 rings (SSSR count). The van der Waals surface area contributed by atoms with E-state index in [1.807, 2.05) is 0 Å². The summed E-state index contributed by atoms with van der Waals surface area (Å²) in [4.78, 5) is 21.7. The number of benzene rings is 2. The Morgan fingerprint density at radius 1 is 1.26 bits per heavy atom. The molecule has 7 nitrogen and oxygen atoms in total. The van der Waals surface area contributed by atoms with Crippen molar-refractivity contribution in [2.24, 2.45) is 5.73 Å². The van der Waals surface area contributed by atoms with Gasteiger partial charge < -0.3 is 15.4 Å². The van der Waals surface area contributed by atoms with Gasteiger partial charge in [0.15, 0.2) is 5.69 Å². The summed E-state index contributed by atoms with van der Waals surface area (Å²) >= 11 is 0. The Labute approximate surface area is 177 Å². The van der Waals surface area contributed by atoms with E-state index in [1.165, 1.54) is 24.1 Å². The lowest BCUT2D eigenvalue weighted by Crippen LogP contribution is -2.32. The number of imidazole rings is 1. The predicted octanol–water partition coefficient (Wildman–Crippen LogP) is 3.55. The predicted molar refractivity (Wildman–Crippen MR) is 110 cm³/mol. The molecule has 1 fully saturated rings. The number of nitrogens with zero attached hydrogens (tertiary/aromatic N) is 4. The van der Waals surface area contributed by atoms with Crippen molar-refractivity contribution < 1.29 is 18.3 Å². The third-order valence-electron chi connectivity index (χ3n) is 5.19. The number of hydrogen-bond donors (Lipinski definition) is 1. The van der Waals surface area contributed by atoms with Crippen LogP contribution >= 0.6 is 0 Å². The van der Waals surface area contributed by atoms with Crippen molar-refractivity contribution in [3.63, 3.8) is 0 Å². The number of ether oxygens (including phenoxy) is 1. The molecule has 31 heavy (non-hydrogen) atoms. The molecule has 1 aromatic heterocycles. The van der Waals surface area contributed by atoms with Crippen LogP contribution in [-0.2, 0) is 0 Å². The summed E-state index contributed by atoms with van der Waals surface area (Å²) in [5.74, 6) is -1.57. The van der Waals surface area contributed by atoms with E-state index in [4.69, 9.17) is 17.0 Å². The minimum absolute atomic E-state index is 0.0462. The summed E-state index contributed by atoms with van der Waals surface area (Å²) in [5, 5.41) is 0. The maximum absolute atomic E-state index is 15.5. The molecule has 2 heterocycles. The molecule has 1 saturated heterocycles. The Kier molecular flexibility index (Phi) is 5.40. The molecule has 3 aromatic rings. The zero-order valence-electron chi connectivity index (χ0n) is 16.7. The Morgan fingerprint density at radius 2 is 2.00 bits per heavy atom. The maximum atomic E-state index is 15.5. The first kappa shape index (κ1) is 20.5. The monoisotopic (exact) mass is 423 g/mol. The van der Waals surface area contributed by atoms with Gasteiger partial charge in [0.25, 0.3) is 5.91 Å². The quantitative estimate of drug-likeness (QED) is 0.651. The number of carbonyl (C=O) groups excluding carboxylic acids is 1. The number of carbonyl (C=O) groups is 1. The molecule has 0 radical (unpaired) electrons. The lowest BCUT2D eigenvalue weighted by molar-refractivity contribution is 0.0780. The van der Waals surface area contributed by atoms with Gasteiger partial charge in [-0.3, -0.25) is 9.36 Å². The van der Waals surface area contributed by atoms with E-state index in [0.29, 0.717) is 30.9 Å². The van der Waals surface area contributed by atoms with Crippen LogP contribution in [0.15, 0.2) is 42.5 Å². The summed E-state index contributed by atoms with van der Waals surface area (Å²) in [7, 11) is 1.51. The standard InChI is InChI=1S/C22H19F2N5O2/c1-26-18-8-3-13(11-17(18)23)21-27-19(22(30)28-10-9-14(25)12-28)20(24)29(21)15-4-6-16(31-2)7-5-15/h3-8,11,14H,9-10,12,25H2,2H3/t14-/m1/s1. The zero-order chi connectivity index (χ0) is 22.1. The summed E-state index contributed by atoms with van der Waals surface area (Å²) in [6, 6.07) is 10.2. The molecule has 1 aliphatic heterocycles. The third-order valence-corrected chi connectivity index (χ3v) is 5.19. The molecular formula is C22H19F2N5O2. The van der Waals surface area contributed by atoms with E-state index in [1.54, 1.807) is 24.3 Å². The van der Waals surface area contributed by atoms with Gasteiger partial charge in [-0.15, -0.1) is 0 Å². The fourth-order valence-corrected chi connectivity index (χ4v) is 3.56. The number of halogens is 2. The van der Waals surface area contributed by atoms with E-state index in [2.05, 4.69) is 9.83 Å². The van der Waals surface area contributed by atoms with Gasteiger partial charge in [0, 0.05) is 24.7 Å². The van der Waals surface area contributed by atoms with Crippen LogP contribution in [0.25, 0.3) is 21.9 Å². The lowest BCUT2D eigenvalue weighted by Gasteiger charge is -2.14. The molecule has 9 heteroatoms. The summed E-state index contributed by atoms with van der Waals surface area (Å²) < 4.78 is 36.1. The molecule has 1 amide bonds. The molecule has 2 aromatic carbocycles. The number of methoxy groups -OCH3 is 1. The molecule has 1 atom stereocenters. The van der Waals surface area contributed by atoms with Crippen LogP contribution in [0.5, 0.6) is 5.75 Å². The average molecular weight is 423 g/mol. The molecule has 0 unspecified atom stereocenters. The van der Waals surface area contributed by atoms with Crippen molar-refractivity contribution in [3.05, 3.63) is 71.3 Å². The van der Waals surface area contributed by atoms with Gasteiger partial charge in [0.05, 0.1) is 19.4 Å². The smallest absolute Gasteiger partial charge is 0.277 e. The van der Waals surface area contributed by atoms with Crippen LogP contribution in [0.3, 0.4) is 0 Å². The molecule has 0 bridgehead atoms. The fraction of sp³-hybridized carbons (Fsp3) is 0.227. The Bertz CT molecular complexity index is 1180. The van der Waals surface area contributed by atoms with E-state index >= 15 is 4.39 Å². The minimum atomic E-state index is -0.861. The highest BCUT2D eigenvalue weighted by molar-refractivity contribution is 5.93. The van der Waals surface area contributed by atoms with Gasteiger partial charge in [-0.25, -0.2) is 14.2 Å². The first-order valence-corrected chi connectivity index (χ1v) is 9.58. The van der Waals surface area contributed by atoms with Gasteiger partial charge in [-0.05, 0) is 36.8 Å². The van der Waals surface area contributed by atoms with Crippen LogP contribution in [-0.4, -0.2) is 46.6 Å². The number of amides is 1. The number of nitrogens with two attached hydrogens (primary N) is 1. The van der Waals surface area contributed by atoms with Crippen LogP contribution in [0.2, 0.25) is 0 Å². The second kappa shape index (κ2) is 8.16. The van der Waals surface area contributed by atoms with Gasteiger partial charge >= 0.3 is 0 Å². The van der Waals surface area contributed by atoms with Gasteiger partial charge in [-0.2, -0.15) is 4.39 Å². The topological polar surface area (TPSA) is 77.7 Å². The van der Waals surface area contributed by atoms with Crippen molar-refractivity contribution >= 4 is 11.6 Å². The van der Waals surface area contributed by atoms with E-state index < -0.39 is 17.7 Å².